The molecule has 2 unspecified atom stereocenters. The number of carbonyl (C=O) groups is 1. The van der Waals surface area contributed by atoms with Crippen molar-refractivity contribution in [2.45, 2.75) is 39.3 Å². The van der Waals surface area contributed by atoms with Crippen molar-refractivity contribution >= 4 is 22.4 Å². The van der Waals surface area contributed by atoms with Crippen LogP contribution in [0, 0.1) is 12.3 Å². The first-order valence-electron chi connectivity index (χ1n) is 5.86. The molecule has 1 aromatic rings. The highest BCUT2D eigenvalue weighted by Crippen LogP contribution is 2.44. The van der Waals surface area contributed by atoms with Crippen molar-refractivity contribution in [3.8, 4) is 0 Å². The van der Waals surface area contributed by atoms with E-state index >= 15 is 0 Å². The molecular weight excluding hydrogens is 252 g/mol. The van der Waals surface area contributed by atoms with Gasteiger partial charge in [-0.15, -0.1) is 0 Å². The number of rotatable bonds is 4. The summed E-state index contributed by atoms with van der Waals surface area (Å²) in [5, 5.41) is 13.0. The van der Waals surface area contributed by atoms with Crippen LogP contribution in [0.3, 0.4) is 0 Å². The minimum Gasteiger partial charge on any atom is -0.477 e. The van der Waals surface area contributed by atoms with Crippen molar-refractivity contribution in [3.63, 3.8) is 0 Å². The number of anilines is 1. The Morgan fingerprint density at radius 2 is 2.28 bits per heavy atom. The third-order valence-electron chi connectivity index (χ3n) is 3.75. The van der Waals surface area contributed by atoms with Crippen LogP contribution >= 0.6 is 11.3 Å². The molecule has 1 aliphatic carbocycles. The number of nitrogens with zero attached hydrogens (tertiary/aromatic N) is 1. The predicted octanol–water partition coefficient (Wildman–Crippen LogP) is 2.38. The van der Waals surface area contributed by atoms with E-state index in [0.29, 0.717) is 15.7 Å². The molecule has 1 heterocycles. The van der Waals surface area contributed by atoms with Gasteiger partial charge >= 0.3 is 5.97 Å². The number of ether oxygens (including phenoxy) is 1. The van der Waals surface area contributed by atoms with E-state index in [1.807, 2.05) is 0 Å². The van der Waals surface area contributed by atoms with Crippen LogP contribution in [-0.4, -0.2) is 35.3 Å². The average molecular weight is 270 g/mol. The minimum absolute atomic E-state index is 0.0394. The van der Waals surface area contributed by atoms with Gasteiger partial charge in [-0.25, -0.2) is 9.78 Å². The van der Waals surface area contributed by atoms with Crippen molar-refractivity contribution in [2.75, 3.05) is 12.4 Å². The number of aromatic carboxylic acids is 1. The van der Waals surface area contributed by atoms with Crippen molar-refractivity contribution in [3.05, 3.63) is 10.6 Å². The second-order valence-corrected chi connectivity index (χ2v) is 6.22. The van der Waals surface area contributed by atoms with E-state index in [0.717, 1.165) is 6.42 Å². The molecule has 2 N–H and O–H groups in total. The molecule has 1 saturated carbocycles. The Morgan fingerprint density at radius 3 is 2.72 bits per heavy atom. The maximum absolute atomic E-state index is 11.0. The van der Waals surface area contributed by atoms with Gasteiger partial charge in [-0.2, -0.15) is 0 Å². The summed E-state index contributed by atoms with van der Waals surface area (Å²) in [5.74, 6) is -0.916. The molecule has 18 heavy (non-hydrogen) atoms. The quantitative estimate of drug-likeness (QED) is 0.879. The maximum Gasteiger partial charge on any atom is 0.347 e. The molecule has 0 radical (unpaired) electrons. The summed E-state index contributed by atoms with van der Waals surface area (Å²) >= 11 is 1.19. The first kappa shape index (κ1) is 13.3. The van der Waals surface area contributed by atoms with Crippen LogP contribution in [0.15, 0.2) is 0 Å². The minimum atomic E-state index is -0.916. The zero-order chi connectivity index (χ0) is 13.5. The molecule has 6 heteroatoms. The first-order chi connectivity index (χ1) is 8.36. The lowest BCUT2D eigenvalue weighted by atomic mass is 9.64. The Hall–Kier alpha value is -1.14. The average Bonchev–Trinajstić information content (AvgIpc) is 2.65. The number of thiazole rings is 1. The van der Waals surface area contributed by atoms with Gasteiger partial charge in [0.1, 0.15) is 4.88 Å². The molecule has 5 nitrogen and oxygen atoms in total. The highest BCUT2D eigenvalue weighted by atomic mass is 32.1. The van der Waals surface area contributed by atoms with Crippen molar-refractivity contribution in [1.82, 2.24) is 4.98 Å². The third kappa shape index (κ3) is 2.10. The summed E-state index contributed by atoms with van der Waals surface area (Å²) in [7, 11) is 1.72. The number of nitrogens with one attached hydrogen (secondary N) is 1. The maximum atomic E-state index is 11.0. The van der Waals surface area contributed by atoms with Gasteiger partial charge in [0.15, 0.2) is 5.13 Å². The number of carboxylic acids is 1. The largest absolute Gasteiger partial charge is 0.477 e. The van der Waals surface area contributed by atoms with E-state index in [4.69, 9.17) is 9.84 Å². The van der Waals surface area contributed by atoms with Gasteiger partial charge in [-0.05, 0) is 13.3 Å². The SMILES string of the molecule is COC1CC(Nc2nc(C)c(C(=O)O)s2)C1(C)C. The third-order valence-corrected chi connectivity index (χ3v) is 4.83. The van der Waals surface area contributed by atoms with Gasteiger partial charge < -0.3 is 15.2 Å². The van der Waals surface area contributed by atoms with Crippen LogP contribution in [0.5, 0.6) is 0 Å². The van der Waals surface area contributed by atoms with Crippen molar-refractivity contribution < 1.29 is 14.6 Å². The fraction of sp³-hybridized carbons (Fsp3) is 0.667. The Labute approximate surface area is 110 Å². The van der Waals surface area contributed by atoms with Crippen LogP contribution < -0.4 is 5.32 Å². The molecule has 1 aliphatic rings. The molecule has 2 atom stereocenters. The molecule has 1 fully saturated rings. The summed E-state index contributed by atoms with van der Waals surface area (Å²) in [5.41, 5.74) is 0.605. The second-order valence-electron chi connectivity index (χ2n) is 5.22. The lowest BCUT2D eigenvalue weighted by Gasteiger charge is -2.51. The van der Waals surface area contributed by atoms with E-state index in [2.05, 4.69) is 24.1 Å². The Morgan fingerprint density at radius 1 is 1.61 bits per heavy atom. The van der Waals surface area contributed by atoms with Gasteiger partial charge in [0, 0.05) is 18.6 Å². The van der Waals surface area contributed by atoms with Gasteiger partial charge in [0.05, 0.1) is 11.8 Å². The molecule has 2 rings (SSSR count). The van der Waals surface area contributed by atoms with Crippen LogP contribution in [0.4, 0.5) is 5.13 Å². The van der Waals surface area contributed by atoms with Gasteiger partial charge in [-0.3, -0.25) is 0 Å². The molecule has 1 aromatic heterocycles. The number of carboxylic acid groups (broad SMARTS) is 1. The van der Waals surface area contributed by atoms with E-state index in [1.165, 1.54) is 11.3 Å². The number of hydrogen-bond acceptors (Lipinski definition) is 5. The summed E-state index contributed by atoms with van der Waals surface area (Å²) < 4.78 is 5.39. The number of aryl methyl sites for hydroxylation is 1. The molecule has 100 valence electrons. The van der Waals surface area contributed by atoms with Gasteiger partial charge in [-0.1, -0.05) is 25.2 Å². The zero-order valence-electron chi connectivity index (χ0n) is 11.0. The normalized spacial score (nSPS) is 25.6. The topological polar surface area (TPSA) is 71.5 Å². The van der Waals surface area contributed by atoms with E-state index in [1.54, 1.807) is 14.0 Å². The van der Waals surface area contributed by atoms with Crippen LogP contribution in [0.1, 0.15) is 35.6 Å². The van der Waals surface area contributed by atoms with Crippen LogP contribution in [-0.2, 0) is 4.74 Å². The number of hydrogen-bond donors (Lipinski definition) is 2. The summed E-state index contributed by atoms with van der Waals surface area (Å²) in [4.78, 5) is 15.5. The molecule has 0 saturated heterocycles. The highest BCUT2D eigenvalue weighted by molar-refractivity contribution is 7.17. The first-order valence-corrected chi connectivity index (χ1v) is 6.68. The standard InChI is InChI=1S/C12H18N2O3S/c1-6-9(10(15)16)18-11(13-6)14-7-5-8(17-4)12(7,2)3/h7-8H,5H2,1-4H3,(H,13,14)(H,15,16). The zero-order valence-corrected chi connectivity index (χ0v) is 11.8. The van der Waals surface area contributed by atoms with Crippen LogP contribution in [0.2, 0.25) is 0 Å². The van der Waals surface area contributed by atoms with Gasteiger partial charge in [0.2, 0.25) is 0 Å². The van der Waals surface area contributed by atoms with Crippen LogP contribution in [0.25, 0.3) is 0 Å². The summed E-state index contributed by atoms with van der Waals surface area (Å²) in [6, 6.07) is 0.273. The summed E-state index contributed by atoms with van der Waals surface area (Å²) in [6.07, 6.45) is 1.17. The molecule has 0 aliphatic heterocycles. The van der Waals surface area contributed by atoms with E-state index < -0.39 is 5.97 Å². The lowest BCUT2D eigenvalue weighted by Crippen LogP contribution is -2.57. The smallest absolute Gasteiger partial charge is 0.347 e. The monoisotopic (exact) mass is 270 g/mol. The van der Waals surface area contributed by atoms with E-state index in [9.17, 15) is 4.79 Å². The molecule has 0 spiro atoms. The fourth-order valence-corrected chi connectivity index (χ4v) is 3.19. The lowest BCUT2D eigenvalue weighted by molar-refractivity contribution is -0.0794. The van der Waals surface area contributed by atoms with Crippen molar-refractivity contribution in [1.29, 1.82) is 0 Å². The Bertz CT molecular complexity index is 470. The predicted molar refractivity (Wildman–Crippen MR) is 70.4 cm³/mol. The Balaban J connectivity index is 2.08. The Kier molecular flexibility index (Phi) is 3.33. The fourth-order valence-electron chi connectivity index (χ4n) is 2.34. The van der Waals surface area contributed by atoms with Gasteiger partial charge in [0.25, 0.3) is 0 Å². The number of methoxy groups -OCH3 is 1. The number of aromatic nitrogens is 1. The van der Waals surface area contributed by atoms with E-state index in [-0.39, 0.29) is 17.6 Å². The molecular formula is C12H18N2O3S. The molecule has 0 aromatic carbocycles. The van der Waals surface area contributed by atoms with Crippen molar-refractivity contribution in [2.24, 2.45) is 5.41 Å². The highest BCUT2D eigenvalue weighted by Gasteiger charge is 2.48. The molecule has 0 amide bonds. The summed E-state index contributed by atoms with van der Waals surface area (Å²) in [6.45, 7) is 6.00. The molecule has 0 bridgehead atoms. The second kappa shape index (κ2) is 4.51.